The van der Waals surface area contributed by atoms with Crippen LogP contribution in [0.5, 0.6) is 5.75 Å². The summed E-state index contributed by atoms with van der Waals surface area (Å²) in [5, 5.41) is 10.8. The molecule has 2 fully saturated rings. The lowest BCUT2D eigenvalue weighted by Crippen LogP contribution is -2.41. The minimum Gasteiger partial charge on any atom is -0.496 e. The SMILES string of the molecule is COc1ccc(C)cc1C(O)C1CC2CCC(C1)N2C. The second kappa shape index (κ2) is 5.38. The molecule has 110 valence electrons. The van der Waals surface area contributed by atoms with E-state index in [1.807, 2.05) is 12.1 Å². The number of hydrogen-bond acceptors (Lipinski definition) is 3. The van der Waals surface area contributed by atoms with Crippen LogP contribution in [-0.2, 0) is 0 Å². The van der Waals surface area contributed by atoms with E-state index in [-0.39, 0.29) is 0 Å². The predicted octanol–water partition coefficient (Wildman–Crippen LogP) is 2.91. The summed E-state index contributed by atoms with van der Waals surface area (Å²) < 4.78 is 5.43. The average Bonchev–Trinajstić information content (AvgIpc) is 2.68. The summed E-state index contributed by atoms with van der Waals surface area (Å²) in [6.07, 6.45) is 4.38. The number of piperidine rings is 1. The van der Waals surface area contributed by atoms with Crippen molar-refractivity contribution in [2.45, 2.75) is 50.8 Å². The molecule has 0 radical (unpaired) electrons. The van der Waals surface area contributed by atoms with Crippen LogP contribution in [0, 0.1) is 12.8 Å². The van der Waals surface area contributed by atoms with Gasteiger partial charge in [-0.2, -0.15) is 0 Å². The summed E-state index contributed by atoms with van der Waals surface area (Å²) in [4.78, 5) is 2.51. The van der Waals surface area contributed by atoms with E-state index in [9.17, 15) is 5.11 Å². The molecule has 1 aromatic carbocycles. The van der Waals surface area contributed by atoms with Crippen molar-refractivity contribution in [3.05, 3.63) is 29.3 Å². The van der Waals surface area contributed by atoms with Gasteiger partial charge in [0.2, 0.25) is 0 Å². The minimum absolute atomic E-state index is 0.361. The molecule has 1 N–H and O–H groups in total. The van der Waals surface area contributed by atoms with Gasteiger partial charge >= 0.3 is 0 Å². The number of nitrogens with zero attached hydrogens (tertiary/aromatic N) is 1. The van der Waals surface area contributed by atoms with Crippen molar-refractivity contribution in [2.75, 3.05) is 14.2 Å². The number of aryl methyl sites for hydroxylation is 1. The van der Waals surface area contributed by atoms with Crippen LogP contribution < -0.4 is 4.74 Å². The maximum absolute atomic E-state index is 10.8. The van der Waals surface area contributed by atoms with E-state index < -0.39 is 6.10 Å². The van der Waals surface area contributed by atoms with Gasteiger partial charge in [-0.3, -0.25) is 0 Å². The number of rotatable bonds is 3. The first-order chi connectivity index (χ1) is 9.60. The van der Waals surface area contributed by atoms with Crippen molar-refractivity contribution in [3.63, 3.8) is 0 Å². The van der Waals surface area contributed by atoms with Crippen LogP contribution in [0.3, 0.4) is 0 Å². The van der Waals surface area contributed by atoms with Gasteiger partial charge in [0, 0.05) is 17.6 Å². The summed E-state index contributed by atoms with van der Waals surface area (Å²) in [6, 6.07) is 7.39. The van der Waals surface area contributed by atoms with E-state index in [1.165, 1.54) is 18.4 Å². The molecule has 20 heavy (non-hydrogen) atoms. The molecule has 2 bridgehead atoms. The van der Waals surface area contributed by atoms with Gasteiger partial charge in [0.25, 0.3) is 0 Å². The van der Waals surface area contributed by atoms with Gasteiger partial charge in [0.05, 0.1) is 13.2 Å². The quantitative estimate of drug-likeness (QED) is 0.920. The standard InChI is InChI=1S/C17H25NO2/c1-11-4-7-16(20-3)15(8-11)17(19)12-9-13-5-6-14(10-12)18(13)2/h4,7-8,12-14,17,19H,5-6,9-10H2,1-3H3. The largest absolute Gasteiger partial charge is 0.496 e. The Labute approximate surface area is 121 Å². The molecule has 3 unspecified atom stereocenters. The van der Waals surface area contributed by atoms with Gasteiger partial charge in [0.15, 0.2) is 0 Å². The molecule has 3 nitrogen and oxygen atoms in total. The number of aliphatic hydroxyl groups excluding tert-OH is 1. The molecule has 0 aromatic heterocycles. The zero-order valence-corrected chi connectivity index (χ0v) is 12.7. The lowest BCUT2D eigenvalue weighted by atomic mass is 9.83. The number of methoxy groups -OCH3 is 1. The number of benzene rings is 1. The smallest absolute Gasteiger partial charge is 0.124 e. The van der Waals surface area contributed by atoms with E-state index in [0.717, 1.165) is 24.2 Å². The maximum Gasteiger partial charge on any atom is 0.124 e. The molecule has 1 aromatic rings. The van der Waals surface area contributed by atoms with Crippen LogP contribution in [0.1, 0.15) is 42.9 Å². The molecule has 0 saturated carbocycles. The monoisotopic (exact) mass is 275 g/mol. The highest BCUT2D eigenvalue weighted by Gasteiger charge is 2.41. The molecule has 0 amide bonds. The van der Waals surface area contributed by atoms with Crippen molar-refractivity contribution in [1.29, 1.82) is 0 Å². The molecule has 2 saturated heterocycles. The predicted molar refractivity (Wildman–Crippen MR) is 80.0 cm³/mol. The Bertz CT molecular complexity index is 474. The number of fused-ring (bicyclic) bond motifs is 2. The lowest BCUT2D eigenvalue weighted by Gasteiger charge is -2.38. The molecule has 2 aliphatic heterocycles. The second-order valence-electron chi connectivity index (χ2n) is 6.47. The van der Waals surface area contributed by atoms with Crippen LogP contribution in [0.4, 0.5) is 0 Å². The van der Waals surface area contributed by atoms with E-state index in [0.29, 0.717) is 18.0 Å². The van der Waals surface area contributed by atoms with Crippen LogP contribution in [-0.4, -0.2) is 36.2 Å². The number of hydrogen-bond donors (Lipinski definition) is 1. The molecule has 3 heteroatoms. The van der Waals surface area contributed by atoms with Gasteiger partial charge in [0.1, 0.15) is 5.75 Å². The van der Waals surface area contributed by atoms with E-state index in [1.54, 1.807) is 7.11 Å². The summed E-state index contributed by atoms with van der Waals surface area (Å²) in [5.41, 5.74) is 2.14. The summed E-state index contributed by atoms with van der Waals surface area (Å²) in [6.45, 7) is 2.06. The molecule has 0 aliphatic carbocycles. The van der Waals surface area contributed by atoms with Crippen LogP contribution >= 0.6 is 0 Å². The highest BCUT2D eigenvalue weighted by molar-refractivity contribution is 5.38. The summed E-state index contributed by atoms with van der Waals surface area (Å²) in [5.74, 6) is 1.17. The van der Waals surface area contributed by atoms with Crippen molar-refractivity contribution in [3.8, 4) is 5.75 Å². The third kappa shape index (κ3) is 2.33. The number of aliphatic hydroxyl groups is 1. The molecule has 3 atom stereocenters. The number of ether oxygens (including phenoxy) is 1. The fourth-order valence-corrected chi connectivity index (χ4v) is 4.05. The first-order valence-electron chi connectivity index (χ1n) is 7.64. The fraction of sp³-hybridized carbons (Fsp3) is 0.647. The minimum atomic E-state index is -0.401. The van der Waals surface area contributed by atoms with Crippen LogP contribution in [0.15, 0.2) is 18.2 Å². The van der Waals surface area contributed by atoms with Gasteiger partial charge < -0.3 is 14.7 Å². The fourth-order valence-electron chi connectivity index (χ4n) is 4.05. The third-order valence-electron chi connectivity index (χ3n) is 5.29. The highest BCUT2D eigenvalue weighted by Crippen LogP contribution is 2.44. The van der Waals surface area contributed by atoms with E-state index in [2.05, 4.69) is 24.9 Å². The summed E-state index contributed by atoms with van der Waals surface area (Å²) >= 11 is 0. The molecule has 3 rings (SSSR count). The highest BCUT2D eigenvalue weighted by atomic mass is 16.5. The second-order valence-corrected chi connectivity index (χ2v) is 6.47. The molecule has 2 heterocycles. The molecule has 2 aliphatic rings. The topological polar surface area (TPSA) is 32.7 Å². The zero-order chi connectivity index (χ0) is 14.3. The van der Waals surface area contributed by atoms with E-state index in [4.69, 9.17) is 4.74 Å². The molecular weight excluding hydrogens is 250 g/mol. The Morgan fingerprint density at radius 3 is 2.50 bits per heavy atom. The first-order valence-corrected chi connectivity index (χ1v) is 7.64. The van der Waals surface area contributed by atoms with Crippen LogP contribution in [0.25, 0.3) is 0 Å². The van der Waals surface area contributed by atoms with Crippen molar-refractivity contribution >= 4 is 0 Å². The van der Waals surface area contributed by atoms with Crippen molar-refractivity contribution < 1.29 is 9.84 Å². The van der Waals surface area contributed by atoms with Gasteiger partial charge in [-0.15, -0.1) is 0 Å². The average molecular weight is 275 g/mol. The van der Waals surface area contributed by atoms with Gasteiger partial charge in [-0.25, -0.2) is 0 Å². The maximum atomic E-state index is 10.8. The Morgan fingerprint density at radius 2 is 1.90 bits per heavy atom. The molecule has 0 spiro atoms. The van der Waals surface area contributed by atoms with Crippen molar-refractivity contribution in [2.24, 2.45) is 5.92 Å². The Morgan fingerprint density at radius 1 is 1.25 bits per heavy atom. The lowest BCUT2D eigenvalue weighted by molar-refractivity contribution is 0.0343. The Hall–Kier alpha value is -1.06. The summed E-state index contributed by atoms with van der Waals surface area (Å²) in [7, 11) is 3.91. The first kappa shape index (κ1) is 13.9. The third-order valence-corrected chi connectivity index (χ3v) is 5.29. The van der Waals surface area contributed by atoms with Gasteiger partial charge in [-0.1, -0.05) is 11.6 Å². The molecular formula is C17H25NO2. The Kier molecular flexibility index (Phi) is 3.74. The Balaban J connectivity index is 1.83. The van der Waals surface area contributed by atoms with Gasteiger partial charge in [-0.05, 0) is 57.7 Å². The van der Waals surface area contributed by atoms with Crippen LogP contribution in [0.2, 0.25) is 0 Å². The van der Waals surface area contributed by atoms with Crippen molar-refractivity contribution in [1.82, 2.24) is 4.90 Å². The van der Waals surface area contributed by atoms with E-state index >= 15 is 0 Å². The normalized spacial score (nSPS) is 31.3. The zero-order valence-electron chi connectivity index (χ0n) is 12.7.